The standard InChI is InChI=1S/C31H37FN2O4/c1-21(2)34-18-19-37-26-10-5-4-8-23(26)9-6-7-13-31(30(34)36)14-16-33(17-15-31)29(35)28-22(3)25-20-24(32)11-12-27(25)38-28/h4-5,8,10-12,20-21H,6-7,9,13-19H2,1-3H3. The van der Waals surface area contributed by atoms with Gasteiger partial charge in [-0.2, -0.15) is 0 Å². The highest BCUT2D eigenvalue weighted by atomic mass is 19.1. The van der Waals surface area contributed by atoms with Gasteiger partial charge in [0.2, 0.25) is 5.91 Å². The van der Waals surface area contributed by atoms with E-state index in [2.05, 4.69) is 19.9 Å². The molecule has 0 radical (unpaired) electrons. The molecule has 6 nitrogen and oxygen atoms in total. The maximum absolute atomic E-state index is 14.1. The highest BCUT2D eigenvalue weighted by molar-refractivity contribution is 5.99. The number of rotatable bonds is 2. The van der Waals surface area contributed by atoms with Gasteiger partial charge in [-0.15, -0.1) is 0 Å². The lowest BCUT2D eigenvalue weighted by Crippen LogP contribution is -2.53. The molecule has 0 aliphatic carbocycles. The molecule has 0 atom stereocenters. The molecule has 2 aliphatic heterocycles. The van der Waals surface area contributed by atoms with Crippen LogP contribution in [0.3, 0.4) is 0 Å². The summed E-state index contributed by atoms with van der Waals surface area (Å²) < 4.78 is 25.7. The summed E-state index contributed by atoms with van der Waals surface area (Å²) in [5.74, 6) is 0.790. The summed E-state index contributed by atoms with van der Waals surface area (Å²) in [4.78, 5) is 31.3. The molecule has 1 spiro atoms. The van der Waals surface area contributed by atoms with Crippen molar-refractivity contribution in [3.63, 3.8) is 0 Å². The highest BCUT2D eigenvalue weighted by Crippen LogP contribution is 2.40. The molecule has 2 amide bonds. The number of halogens is 1. The minimum atomic E-state index is -0.494. The summed E-state index contributed by atoms with van der Waals surface area (Å²) in [7, 11) is 0. The van der Waals surface area contributed by atoms with E-state index >= 15 is 0 Å². The van der Waals surface area contributed by atoms with Crippen molar-refractivity contribution in [3.8, 4) is 5.75 Å². The van der Waals surface area contributed by atoms with Crippen LogP contribution in [0.2, 0.25) is 0 Å². The average molecular weight is 521 g/mol. The van der Waals surface area contributed by atoms with Gasteiger partial charge in [-0.3, -0.25) is 9.59 Å². The van der Waals surface area contributed by atoms with Gasteiger partial charge in [0.25, 0.3) is 5.91 Å². The first kappa shape index (κ1) is 26.3. The molecule has 0 bridgehead atoms. The van der Waals surface area contributed by atoms with Gasteiger partial charge in [-0.05, 0) is 82.7 Å². The van der Waals surface area contributed by atoms with Gasteiger partial charge in [0.05, 0.1) is 12.0 Å². The fraction of sp³-hybridized carbons (Fsp3) is 0.484. The number of fused-ring (bicyclic) bond motifs is 2. The van der Waals surface area contributed by atoms with E-state index < -0.39 is 5.41 Å². The van der Waals surface area contributed by atoms with Crippen LogP contribution >= 0.6 is 0 Å². The number of hydrogen-bond acceptors (Lipinski definition) is 4. The van der Waals surface area contributed by atoms with Crippen molar-refractivity contribution < 1.29 is 23.1 Å². The van der Waals surface area contributed by atoms with E-state index in [1.54, 1.807) is 17.9 Å². The summed E-state index contributed by atoms with van der Waals surface area (Å²) in [6, 6.07) is 12.5. The Morgan fingerprint density at radius 3 is 2.55 bits per heavy atom. The molecule has 3 aromatic rings. The number of piperidine rings is 1. The third kappa shape index (κ3) is 5.03. The zero-order chi connectivity index (χ0) is 26.9. The number of likely N-dealkylation sites (tertiary alicyclic amines) is 1. The van der Waals surface area contributed by atoms with Crippen LogP contribution in [0.5, 0.6) is 5.75 Å². The van der Waals surface area contributed by atoms with Gasteiger partial charge < -0.3 is 19.0 Å². The van der Waals surface area contributed by atoms with Crippen LogP contribution in [0.15, 0.2) is 46.9 Å². The van der Waals surface area contributed by atoms with Crippen LogP contribution in [0.1, 0.15) is 67.6 Å². The smallest absolute Gasteiger partial charge is 0.289 e. The molecule has 1 fully saturated rings. The number of ether oxygens (including phenoxy) is 1. The van der Waals surface area contributed by atoms with Gasteiger partial charge in [0.1, 0.15) is 23.8 Å². The Morgan fingerprint density at radius 1 is 1.03 bits per heavy atom. The molecule has 2 aromatic carbocycles. The Kier molecular flexibility index (Phi) is 7.46. The van der Waals surface area contributed by atoms with Crippen molar-refractivity contribution in [3.05, 3.63) is 65.2 Å². The molecule has 0 saturated carbocycles. The van der Waals surface area contributed by atoms with Crippen molar-refractivity contribution in [2.24, 2.45) is 5.41 Å². The maximum Gasteiger partial charge on any atom is 0.289 e. The van der Waals surface area contributed by atoms with E-state index in [-0.39, 0.29) is 29.4 Å². The molecule has 5 rings (SSSR count). The number of para-hydroxylation sites is 1. The Labute approximate surface area is 223 Å². The Balaban J connectivity index is 1.34. The number of aryl methyl sites for hydroxylation is 2. The third-order valence-electron chi connectivity index (χ3n) is 8.35. The highest BCUT2D eigenvalue weighted by Gasteiger charge is 2.45. The maximum atomic E-state index is 14.1. The van der Waals surface area contributed by atoms with Gasteiger partial charge in [0.15, 0.2) is 5.76 Å². The van der Waals surface area contributed by atoms with Crippen LogP contribution in [0, 0.1) is 18.2 Å². The minimum Gasteiger partial charge on any atom is -0.491 e. The molecule has 1 aromatic heterocycles. The van der Waals surface area contributed by atoms with Gasteiger partial charge in [-0.1, -0.05) is 24.6 Å². The minimum absolute atomic E-state index is 0.0550. The van der Waals surface area contributed by atoms with E-state index in [9.17, 15) is 14.0 Å². The van der Waals surface area contributed by atoms with Crippen LogP contribution in [0.25, 0.3) is 11.0 Å². The van der Waals surface area contributed by atoms with Gasteiger partial charge in [-0.25, -0.2) is 4.39 Å². The lowest BCUT2D eigenvalue weighted by atomic mass is 9.72. The van der Waals surface area contributed by atoms with Crippen molar-refractivity contribution in [2.45, 2.75) is 65.3 Å². The van der Waals surface area contributed by atoms with E-state index in [0.717, 1.165) is 31.4 Å². The molecular formula is C31H37FN2O4. The second kappa shape index (κ2) is 10.8. The molecule has 3 heterocycles. The topological polar surface area (TPSA) is 63.0 Å². The molecule has 0 N–H and O–H groups in total. The number of benzene rings is 2. The normalized spacial score (nSPS) is 18.7. The summed E-state index contributed by atoms with van der Waals surface area (Å²) in [5.41, 5.74) is 1.88. The van der Waals surface area contributed by atoms with E-state index in [4.69, 9.17) is 9.15 Å². The molecule has 2 aliphatic rings. The van der Waals surface area contributed by atoms with Gasteiger partial charge in [0, 0.05) is 30.1 Å². The first-order valence-corrected chi connectivity index (χ1v) is 13.8. The van der Waals surface area contributed by atoms with Crippen LogP contribution in [-0.4, -0.2) is 53.9 Å². The predicted molar refractivity (Wildman–Crippen MR) is 145 cm³/mol. The average Bonchev–Trinajstić information content (AvgIpc) is 3.24. The summed E-state index contributed by atoms with van der Waals surface area (Å²) >= 11 is 0. The zero-order valence-electron chi connectivity index (χ0n) is 22.6. The summed E-state index contributed by atoms with van der Waals surface area (Å²) in [6.45, 7) is 7.86. The Morgan fingerprint density at radius 2 is 1.79 bits per heavy atom. The fourth-order valence-corrected chi connectivity index (χ4v) is 6.03. The molecule has 7 heteroatoms. The third-order valence-corrected chi connectivity index (χ3v) is 8.35. The van der Waals surface area contributed by atoms with Crippen molar-refractivity contribution in [1.82, 2.24) is 9.80 Å². The number of carbonyl (C=O) groups is 2. The molecule has 0 unspecified atom stereocenters. The number of furan rings is 1. The second-order valence-electron chi connectivity index (χ2n) is 11.0. The van der Waals surface area contributed by atoms with Gasteiger partial charge >= 0.3 is 0 Å². The summed E-state index contributed by atoms with van der Waals surface area (Å²) in [5, 5.41) is 0.618. The monoisotopic (exact) mass is 520 g/mol. The molecular weight excluding hydrogens is 483 g/mol. The first-order chi connectivity index (χ1) is 18.3. The lowest BCUT2D eigenvalue weighted by Gasteiger charge is -2.44. The number of amides is 2. The molecule has 38 heavy (non-hydrogen) atoms. The number of carbonyl (C=O) groups excluding carboxylic acids is 2. The first-order valence-electron chi connectivity index (χ1n) is 13.8. The Hall–Kier alpha value is -3.35. The predicted octanol–water partition coefficient (Wildman–Crippen LogP) is 6.15. The largest absolute Gasteiger partial charge is 0.491 e. The fourth-order valence-electron chi connectivity index (χ4n) is 6.03. The van der Waals surface area contributed by atoms with Crippen LogP contribution < -0.4 is 4.74 Å². The van der Waals surface area contributed by atoms with Crippen LogP contribution in [-0.2, 0) is 11.2 Å². The second-order valence-corrected chi connectivity index (χ2v) is 11.0. The Bertz CT molecular complexity index is 1320. The van der Waals surface area contributed by atoms with E-state index in [0.29, 0.717) is 55.6 Å². The van der Waals surface area contributed by atoms with Crippen molar-refractivity contribution in [1.29, 1.82) is 0 Å². The van der Waals surface area contributed by atoms with E-state index in [1.165, 1.54) is 17.7 Å². The zero-order valence-corrected chi connectivity index (χ0v) is 22.6. The van der Waals surface area contributed by atoms with Crippen molar-refractivity contribution in [2.75, 3.05) is 26.2 Å². The SMILES string of the molecule is Cc1c(C(=O)N2CCC3(CCCCc4ccccc4OCCN(C(C)C)C3=O)CC2)oc2ccc(F)cc12. The molecule has 1 saturated heterocycles. The quantitative estimate of drug-likeness (QED) is 0.407. The van der Waals surface area contributed by atoms with Crippen LogP contribution in [0.4, 0.5) is 4.39 Å². The van der Waals surface area contributed by atoms with E-state index in [1.807, 2.05) is 23.1 Å². The summed E-state index contributed by atoms with van der Waals surface area (Å²) in [6.07, 6.45) is 4.88. The number of hydrogen-bond donors (Lipinski definition) is 0. The number of nitrogens with zero attached hydrogens (tertiary/aromatic N) is 2. The lowest BCUT2D eigenvalue weighted by molar-refractivity contribution is -0.148. The molecule has 202 valence electrons. The van der Waals surface area contributed by atoms with Crippen molar-refractivity contribution >= 4 is 22.8 Å².